The van der Waals surface area contributed by atoms with Crippen LogP contribution in [-0.2, 0) is 12.7 Å². The normalized spacial score (nSPS) is 12.4. The fraction of sp³-hybridized carbons (Fsp3) is 0.538. The topological polar surface area (TPSA) is 26.7 Å². The van der Waals surface area contributed by atoms with Gasteiger partial charge >= 0.3 is 6.18 Å². The number of hydrogen-bond donors (Lipinski definition) is 1. The van der Waals surface area contributed by atoms with Crippen molar-refractivity contribution in [3.05, 3.63) is 29.3 Å². The zero-order valence-corrected chi connectivity index (χ0v) is 11.3. The van der Waals surface area contributed by atoms with Gasteiger partial charge in [0.1, 0.15) is 5.75 Å². The van der Waals surface area contributed by atoms with Crippen molar-refractivity contribution in [2.24, 2.45) is 0 Å². The van der Waals surface area contributed by atoms with Crippen LogP contribution in [0.15, 0.2) is 18.2 Å². The van der Waals surface area contributed by atoms with Gasteiger partial charge in [0, 0.05) is 19.6 Å². The number of phenolic OH excluding ortho intramolecular Hbond substituents is 1. The first-order valence-electron chi connectivity index (χ1n) is 5.92. The average molecular weight is 276 g/mol. The lowest BCUT2D eigenvalue weighted by Gasteiger charge is -2.20. The highest BCUT2D eigenvalue weighted by Crippen LogP contribution is 2.36. The second-order valence-corrected chi connectivity index (χ2v) is 4.89. The second-order valence-electron chi connectivity index (χ2n) is 4.89. The third kappa shape index (κ3) is 5.08. The predicted molar refractivity (Wildman–Crippen MR) is 68.0 cm³/mol. The molecule has 0 saturated carbocycles. The molecule has 0 fully saturated rings. The summed E-state index contributed by atoms with van der Waals surface area (Å²) in [6.07, 6.45) is -4.53. The molecule has 108 valence electrons. The van der Waals surface area contributed by atoms with Crippen LogP contribution in [0.4, 0.5) is 13.2 Å². The van der Waals surface area contributed by atoms with Crippen molar-refractivity contribution < 1.29 is 18.3 Å². The van der Waals surface area contributed by atoms with Gasteiger partial charge in [-0.15, -0.1) is 0 Å². The fourth-order valence-corrected chi connectivity index (χ4v) is 1.67. The summed E-state index contributed by atoms with van der Waals surface area (Å²) >= 11 is 0. The van der Waals surface area contributed by atoms with E-state index in [1.165, 1.54) is 6.07 Å². The molecule has 0 amide bonds. The largest absolute Gasteiger partial charge is 0.507 e. The van der Waals surface area contributed by atoms with Crippen molar-refractivity contribution in [1.29, 1.82) is 0 Å². The van der Waals surface area contributed by atoms with Gasteiger partial charge in [0.15, 0.2) is 0 Å². The first-order valence-corrected chi connectivity index (χ1v) is 5.92. The number of benzene rings is 1. The summed E-state index contributed by atoms with van der Waals surface area (Å²) in [4.78, 5) is 3.95. The number of aromatic hydroxyl groups is 1. The zero-order valence-electron chi connectivity index (χ0n) is 11.3. The Morgan fingerprint density at radius 2 is 1.74 bits per heavy atom. The average Bonchev–Trinajstić information content (AvgIpc) is 2.27. The van der Waals surface area contributed by atoms with E-state index >= 15 is 0 Å². The Morgan fingerprint density at radius 1 is 1.11 bits per heavy atom. The molecule has 1 aromatic rings. The first kappa shape index (κ1) is 15.8. The van der Waals surface area contributed by atoms with E-state index in [4.69, 9.17) is 0 Å². The third-order valence-electron chi connectivity index (χ3n) is 2.75. The zero-order chi connectivity index (χ0) is 14.6. The molecule has 6 heteroatoms. The van der Waals surface area contributed by atoms with Crippen LogP contribution < -0.4 is 0 Å². The van der Waals surface area contributed by atoms with E-state index in [1.54, 1.807) is 0 Å². The van der Waals surface area contributed by atoms with Crippen molar-refractivity contribution >= 4 is 0 Å². The van der Waals surface area contributed by atoms with Crippen LogP contribution >= 0.6 is 0 Å². The lowest BCUT2D eigenvalue weighted by molar-refractivity contribution is -0.138. The molecule has 0 aliphatic heterocycles. The summed E-state index contributed by atoms with van der Waals surface area (Å²) in [5.74, 6) is -0.729. The molecule has 0 heterocycles. The standard InChI is InChI=1S/C13H19F3N2O/c1-17(2)6-7-18(3)9-10-4-5-12(19)11(8-10)13(14,15)16/h4-5,8,19H,6-7,9H2,1-3H3. The molecule has 0 atom stereocenters. The minimum Gasteiger partial charge on any atom is -0.507 e. The van der Waals surface area contributed by atoms with Gasteiger partial charge in [-0.25, -0.2) is 0 Å². The third-order valence-corrected chi connectivity index (χ3v) is 2.75. The Balaban J connectivity index is 2.75. The Bertz CT molecular complexity index is 419. The van der Waals surface area contributed by atoms with Crippen molar-refractivity contribution in [3.63, 3.8) is 0 Å². The summed E-state index contributed by atoms with van der Waals surface area (Å²) in [6.45, 7) is 2.01. The molecule has 19 heavy (non-hydrogen) atoms. The Labute approximate surface area is 111 Å². The van der Waals surface area contributed by atoms with Gasteiger partial charge in [-0.3, -0.25) is 0 Å². The van der Waals surface area contributed by atoms with Gasteiger partial charge in [0.25, 0.3) is 0 Å². The summed E-state index contributed by atoms with van der Waals surface area (Å²) in [7, 11) is 5.73. The Morgan fingerprint density at radius 3 is 2.26 bits per heavy atom. The van der Waals surface area contributed by atoms with Crippen LogP contribution in [0.2, 0.25) is 0 Å². The molecule has 0 saturated heterocycles. The Kier molecular flexibility index (Phi) is 5.20. The van der Waals surface area contributed by atoms with E-state index in [-0.39, 0.29) is 0 Å². The van der Waals surface area contributed by atoms with Crippen LogP contribution in [0.25, 0.3) is 0 Å². The lowest BCUT2D eigenvalue weighted by Crippen LogP contribution is -2.28. The number of nitrogens with zero attached hydrogens (tertiary/aromatic N) is 2. The van der Waals surface area contributed by atoms with Gasteiger partial charge in [0.05, 0.1) is 5.56 Å². The monoisotopic (exact) mass is 276 g/mol. The molecule has 1 rings (SSSR count). The molecule has 0 aliphatic rings. The van der Waals surface area contributed by atoms with Crippen LogP contribution in [-0.4, -0.2) is 49.1 Å². The van der Waals surface area contributed by atoms with Crippen molar-refractivity contribution in [1.82, 2.24) is 9.80 Å². The summed E-state index contributed by atoms with van der Waals surface area (Å²) in [5, 5.41) is 9.24. The van der Waals surface area contributed by atoms with E-state index in [0.717, 1.165) is 25.2 Å². The molecule has 3 nitrogen and oxygen atoms in total. The highest BCUT2D eigenvalue weighted by atomic mass is 19.4. The molecular weight excluding hydrogens is 257 g/mol. The highest BCUT2D eigenvalue weighted by Gasteiger charge is 2.33. The van der Waals surface area contributed by atoms with E-state index in [1.807, 2.05) is 30.9 Å². The second kappa shape index (κ2) is 6.25. The highest BCUT2D eigenvalue weighted by molar-refractivity contribution is 5.38. The van der Waals surface area contributed by atoms with E-state index in [9.17, 15) is 18.3 Å². The van der Waals surface area contributed by atoms with Crippen LogP contribution in [0.3, 0.4) is 0 Å². The number of halogens is 3. The van der Waals surface area contributed by atoms with Gasteiger partial charge in [-0.2, -0.15) is 13.2 Å². The van der Waals surface area contributed by atoms with Gasteiger partial charge in [-0.1, -0.05) is 6.07 Å². The molecule has 0 aliphatic carbocycles. The maximum Gasteiger partial charge on any atom is 0.419 e. The number of rotatable bonds is 5. The molecule has 0 radical (unpaired) electrons. The molecular formula is C13H19F3N2O. The van der Waals surface area contributed by atoms with Crippen molar-refractivity contribution in [2.45, 2.75) is 12.7 Å². The SMILES string of the molecule is CN(C)CCN(C)Cc1ccc(O)c(C(F)(F)F)c1. The number of hydrogen-bond acceptors (Lipinski definition) is 3. The molecule has 0 bridgehead atoms. The first-order chi connectivity index (χ1) is 8.70. The fourth-order valence-electron chi connectivity index (χ4n) is 1.67. The lowest BCUT2D eigenvalue weighted by atomic mass is 10.1. The van der Waals surface area contributed by atoms with Crippen molar-refractivity contribution in [3.8, 4) is 5.75 Å². The summed E-state index contributed by atoms with van der Waals surface area (Å²) in [5.41, 5.74) is -0.447. The summed E-state index contributed by atoms with van der Waals surface area (Å²) < 4.78 is 37.9. The summed E-state index contributed by atoms with van der Waals surface area (Å²) in [6, 6.07) is 3.61. The van der Waals surface area contributed by atoms with Crippen molar-refractivity contribution in [2.75, 3.05) is 34.2 Å². The minimum absolute atomic E-state index is 0.414. The van der Waals surface area contributed by atoms with E-state index in [2.05, 4.69) is 0 Å². The molecule has 1 N–H and O–H groups in total. The maximum absolute atomic E-state index is 12.6. The molecule has 0 unspecified atom stereocenters. The van der Waals surface area contributed by atoms with Gasteiger partial charge in [0.2, 0.25) is 0 Å². The van der Waals surface area contributed by atoms with E-state index in [0.29, 0.717) is 12.1 Å². The predicted octanol–water partition coefficient (Wildman–Crippen LogP) is 2.40. The molecule has 0 spiro atoms. The minimum atomic E-state index is -4.53. The molecule has 1 aromatic carbocycles. The number of alkyl halides is 3. The molecule has 0 aromatic heterocycles. The van der Waals surface area contributed by atoms with Gasteiger partial charge in [-0.05, 0) is 38.8 Å². The smallest absolute Gasteiger partial charge is 0.419 e. The van der Waals surface area contributed by atoms with Crippen LogP contribution in [0.1, 0.15) is 11.1 Å². The quantitative estimate of drug-likeness (QED) is 0.894. The number of likely N-dealkylation sites (N-methyl/N-ethyl adjacent to an activating group) is 2. The van der Waals surface area contributed by atoms with Crippen LogP contribution in [0.5, 0.6) is 5.75 Å². The van der Waals surface area contributed by atoms with Crippen LogP contribution in [0, 0.1) is 0 Å². The Hall–Kier alpha value is -1.27. The van der Waals surface area contributed by atoms with Gasteiger partial charge < -0.3 is 14.9 Å². The maximum atomic E-state index is 12.6. The number of phenols is 1. The van der Waals surface area contributed by atoms with E-state index < -0.39 is 17.5 Å².